The lowest BCUT2D eigenvalue weighted by molar-refractivity contribution is -0.152. The van der Waals surface area contributed by atoms with E-state index < -0.39 is 24.8 Å². The Morgan fingerprint density at radius 2 is 2.11 bits per heavy atom. The van der Waals surface area contributed by atoms with Crippen LogP contribution in [0, 0.1) is 6.92 Å². The first-order valence-electron chi connectivity index (χ1n) is 5.97. The van der Waals surface area contributed by atoms with Crippen molar-refractivity contribution >= 4 is 11.3 Å². The van der Waals surface area contributed by atoms with Gasteiger partial charge < -0.3 is 10.8 Å². The topological polar surface area (TPSA) is 49.5 Å². The lowest BCUT2D eigenvalue weighted by Crippen LogP contribution is -2.45. The molecule has 1 aromatic heterocycles. The second-order valence-corrected chi connectivity index (χ2v) is 5.53. The number of aliphatic hydroxyl groups excluding tert-OH is 1. The van der Waals surface area contributed by atoms with Crippen molar-refractivity contribution in [3.05, 3.63) is 21.9 Å². The smallest absolute Gasteiger partial charge is 0.395 e. The first-order chi connectivity index (χ1) is 8.76. The molecule has 110 valence electrons. The Balaban J connectivity index is 3.03. The molecular weight excluding hydrogens is 277 g/mol. The summed E-state index contributed by atoms with van der Waals surface area (Å²) in [4.78, 5) is 2.02. The molecule has 3 N–H and O–H groups in total. The number of aliphatic hydroxyl groups is 1. The molecule has 0 aliphatic rings. The van der Waals surface area contributed by atoms with Gasteiger partial charge in [-0.05, 0) is 30.9 Å². The van der Waals surface area contributed by atoms with Crippen LogP contribution in [0.15, 0.2) is 11.4 Å². The molecule has 1 rings (SSSR count). The quantitative estimate of drug-likeness (QED) is 0.847. The van der Waals surface area contributed by atoms with Gasteiger partial charge in [-0.2, -0.15) is 13.2 Å². The summed E-state index contributed by atoms with van der Waals surface area (Å²) < 4.78 is 37.9. The molecule has 0 amide bonds. The fourth-order valence-electron chi connectivity index (χ4n) is 2.10. The van der Waals surface area contributed by atoms with Gasteiger partial charge in [-0.3, -0.25) is 4.90 Å². The highest BCUT2D eigenvalue weighted by atomic mass is 32.1. The summed E-state index contributed by atoms with van der Waals surface area (Å²) in [6, 6.07) is 0.875. The molecule has 0 saturated carbocycles. The van der Waals surface area contributed by atoms with Gasteiger partial charge in [0.2, 0.25) is 0 Å². The minimum atomic E-state index is -4.31. The van der Waals surface area contributed by atoms with Crippen LogP contribution in [0.2, 0.25) is 0 Å². The van der Waals surface area contributed by atoms with Crippen molar-refractivity contribution in [3.63, 3.8) is 0 Å². The normalized spacial score (nSPS) is 15.8. The molecule has 0 radical (unpaired) electrons. The second kappa shape index (κ2) is 6.69. The zero-order valence-corrected chi connectivity index (χ0v) is 11.8. The molecule has 0 aliphatic carbocycles. The highest BCUT2D eigenvalue weighted by Gasteiger charge is 2.36. The number of thiophene rings is 1. The Morgan fingerprint density at radius 3 is 2.47 bits per heavy atom. The highest BCUT2D eigenvalue weighted by Crippen LogP contribution is 2.32. The summed E-state index contributed by atoms with van der Waals surface area (Å²) in [5.74, 6) is 0. The van der Waals surface area contributed by atoms with E-state index in [2.05, 4.69) is 0 Å². The van der Waals surface area contributed by atoms with Gasteiger partial charge in [0, 0.05) is 17.5 Å². The largest absolute Gasteiger partial charge is 0.401 e. The third kappa shape index (κ3) is 4.76. The van der Waals surface area contributed by atoms with Crippen LogP contribution in [0.25, 0.3) is 0 Å². The Labute approximate surface area is 114 Å². The van der Waals surface area contributed by atoms with Crippen molar-refractivity contribution in [1.29, 1.82) is 0 Å². The maximum absolute atomic E-state index is 12.6. The van der Waals surface area contributed by atoms with Crippen LogP contribution in [-0.2, 0) is 0 Å². The average molecular weight is 296 g/mol. The SMILES string of the molecule is Cc1ccsc1C(C(C)N)N(CCO)CC(F)(F)F. The monoisotopic (exact) mass is 296 g/mol. The van der Waals surface area contributed by atoms with Crippen molar-refractivity contribution in [2.45, 2.75) is 32.1 Å². The third-order valence-electron chi connectivity index (χ3n) is 2.83. The van der Waals surface area contributed by atoms with Crippen LogP contribution in [0.5, 0.6) is 0 Å². The molecule has 2 atom stereocenters. The standard InChI is InChI=1S/C12H19F3N2OS/c1-8-3-6-19-11(8)10(9(2)16)17(4-5-18)7-12(13,14)15/h3,6,9-10,18H,4-5,7,16H2,1-2H3. The number of hydrogen-bond acceptors (Lipinski definition) is 4. The van der Waals surface area contributed by atoms with Crippen LogP contribution >= 0.6 is 11.3 Å². The maximum atomic E-state index is 12.6. The summed E-state index contributed by atoms with van der Waals surface area (Å²) in [6.07, 6.45) is -4.31. The van der Waals surface area contributed by atoms with Crippen molar-refractivity contribution in [2.24, 2.45) is 5.73 Å². The van der Waals surface area contributed by atoms with E-state index in [0.717, 1.165) is 10.4 Å². The lowest BCUT2D eigenvalue weighted by Gasteiger charge is -2.34. The summed E-state index contributed by atoms with van der Waals surface area (Å²) >= 11 is 1.40. The van der Waals surface area contributed by atoms with Crippen molar-refractivity contribution in [2.75, 3.05) is 19.7 Å². The van der Waals surface area contributed by atoms with Crippen LogP contribution in [0.4, 0.5) is 13.2 Å². The zero-order valence-electron chi connectivity index (χ0n) is 10.9. The van der Waals surface area contributed by atoms with Gasteiger partial charge in [0.05, 0.1) is 19.2 Å². The number of aryl methyl sites for hydroxylation is 1. The van der Waals surface area contributed by atoms with Crippen LogP contribution in [0.3, 0.4) is 0 Å². The van der Waals surface area contributed by atoms with Gasteiger partial charge in [0.25, 0.3) is 0 Å². The first-order valence-corrected chi connectivity index (χ1v) is 6.85. The molecule has 3 nitrogen and oxygen atoms in total. The van der Waals surface area contributed by atoms with Crippen molar-refractivity contribution in [1.82, 2.24) is 4.90 Å². The summed E-state index contributed by atoms with van der Waals surface area (Å²) in [7, 11) is 0. The van der Waals surface area contributed by atoms with Crippen molar-refractivity contribution < 1.29 is 18.3 Å². The molecule has 0 spiro atoms. The Morgan fingerprint density at radius 1 is 1.47 bits per heavy atom. The van der Waals surface area contributed by atoms with Gasteiger partial charge in [0.1, 0.15) is 0 Å². The Hall–Kier alpha value is -0.630. The fraction of sp³-hybridized carbons (Fsp3) is 0.667. The fourth-order valence-corrected chi connectivity index (χ4v) is 3.28. The Kier molecular flexibility index (Phi) is 5.79. The number of alkyl halides is 3. The highest BCUT2D eigenvalue weighted by molar-refractivity contribution is 7.10. The van der Waals surface area contributed by atoms with E-state index in [9.17, 15) is 13.2 Å². The number of halogens is 3. The predicted molar refractivity (Wildman–Crippen MR) is 70.2 cm³/mol. The molecule has 19 heavy (non-hydrogen) atoms. The summed E-state index contributed by atoms with van der Waals surface area (Å²) in [5, 5.41) is 10.8. The van der Waals surface area contributed by atoms with E-state index in [4.69, 9.17) is 10.8 Å². The third-order valence-corrected chi connectivity index (χ3v) is 3.92. The number of hydrogen-bond donors (Lipinski definition) is 2. The number of rotatable bonds is 6. The minimum Gasteiger partial charge on any atom is -0.395 e. The van der Waals surface area contributed by atoms with Gasteiger partial charge >= 0.3 is 6.18 Å². The van der Waals surface area contributed by atoms with Crippen LogP contribution in [0.1, 0.15) is 23.4 Å². The second-order valence-electron chi connectivity index (χ2n) is 4.58. The molecule has 0 aliphatic heterocycles. The Bertz CT molecular complexity index is 393. The first kappa shape index (κ1) is 16.4. The summed E-state index contributed by atoms with van der Waals surface area (Å²) in [6.45, 7) is 2.08. The van der Waals surface area contributed by atoms with E-state index in [1.54, 1.807) is 6.92 Å². The number of nitrogens with zero attached hydrogens (tertiary/aromatic N) is 1. The molecule has 7 heteroatoms. The molecule has 0 saturated heterocycles. The van der Waals surface area contributed by atoms with E-state index in [1.807, 2.05) is 18.4 Å². The lowest BCUT2D eigenvalue weighted by atomic mass is 10.0. The van der Waals surface area contributed by atoms with Crippen LogP contribution in [-0.4, -0.2) is 41.9 Å². The van der Waals surface area contributed by atoms with E-state index in [0.29, 0.717) is 0 Å². The molecular formula is C12H19F3N2OS. The minimum absolute atomic E-state index is 0.0525. The van der Waals surface area contributed by atoms with Crippen molar-refractivity contribution in [3.8, 4) is 0 Å². The average Bonchev–Trinajstić information content (AvgIpc) is 2.62. The maximum Gasteiger partial charge on any atom is 0.401 e. The van der Waals surface area contributed by atoms with Gasteiger partial charge in [0.15, 0.2) is 0 Å². The zero-order chi connectivity index (χ0) is 14.6. The van der Waals surface area contributed by atoms with E-state index in [1.165, 1.54) is 16.2 Å². The van der Waals surface area contributed by atoms with Gasteiger partial charge in [-0.15, -0.1) is 11.3 Å². The summed E-state index contributed by atoms with van der Waals surface area (Å²) in [5.41, 5.74) is 6.79. The molecule has 1 heterocycles. The molecule has 0 aromatic carbocycles. The van der Waals surface area contributed by atoms with E-state index in [-0.39, 0.29) is 13.2 Å². The van der Waals surface area contributed by atoms with Crippen LogP contribution < -0.4 is 5.73 Å². The van der Waals surface area contributed by atoms with Gasteiger partial charge in [-0.1, -0.05) is 0 Å². The molecule has 0 fully saturated rings. The van der Waals surface area contributed by atoms with E-state index >= 15 is 0 Å². The molecule has 2 unspecified atom stereocenters. The predicted octanol–water partition coefficient (Wildman–Crippen LogP) is 2.30. The molecule has 0 bridgehead atoms. The number of nitrogens with two attached hydrogens (primary N) is 1. The molecule has 1 aromatic rings. The van der Waals surface area contributed by atoms with Gasteiger partial charge in [-0.25, -0.2) is 0 Å².